The van der Waals surface area contributed by atoms with Gasteiger partial charge in [-0.25, -0.2) is 4.98 Å². The van der Waals surface area contributed by atoms with E-state index in [0.29, 0.717) is 26.1 Å². The Morgan fingerprint density at radius 1 is 1.52 bits per heavy atom. The molecule has 1 aliphatic rings. The zero-order valence-corrected chi connectivity index (χ0v) is 13.6. The van der Waals surface area contributed by atoms with Crippen molar-refractivity contribution in [2.45, 2.75) is 25.9 Å². The van der Waals surface area contributed by atoms with Gasteiger partial charge < -0.3 is 9.64 Å². The number of morpholine rings is 1. The highest BCUT2D eigenvalue weighted by Gasteiger charge is 2.23. The third-order valence-corrected chi connectivity index (χ3v) is 5.49. The lowest BCUT2D eigenvalue weighted by Gasteiger charge is -2.32. The fraction of sp³-hybridized carbons (Fsp3) is 0.467. The van der Waals surface area contributed by atoms with Crippen molar-refractivity contribution in [2.75, 3.05) is 19.7 Å². The molecule has 0 N–H and O–H groups in total. The van der Waals surface area contributed by atoms with Crippen LogP contribution in [0.3, 0.4) is 0 Å². The van der Waals surface area contributed by atoms with E-state index in [1.807, 2.05) is 21.7 Å². The lowest BCUT2D eigenvalue weighted by molar-refractivity contribution is -0.138. The number of aromatic nitrogens is 1. The highest BCUT2D eigenvalue weighted by molar-refractivity contribution is 7.20. The Bertz CT molecular complexity index is 595. The van der Waals surface area contributed by atoms with Gasteiger partial charge in [-0.2, -0.15) is 0 Å². The van der Waals surface area contributed by atoms with Gasteiger partial charge in [-0.05, 0) is 17.9 Å². The molecule has 0 bridgehead atoms. The lowest BCUT2D eigenvalue weighted by Crippen LogP contribution is -2.46. The van der Waals surface area contributed by atoms with Crippen molar-refractivity contribution in [3.63, 3.8) is 0 Å². The minimum absolute atomic E-state index is 0.153. The molecule has 0 aromatic carbocycles. The predicted molar refractivity (Wildman–Crippen MR) is 85.7 cm³/mol. The molecule has 6 heteroatoms. The minimum atomic E-state index is 0.153. The second kappa shape index (κ2) is 6.68. The van der Waals surface area contributed by atoms with Gasteiger partial charge in [0.1, 0.15) is 5.01 Å². The molecule has 0 saturated carbocycles. The van der Waals surface area contributed by atoms with Gasteiger partial charge in [0.25, 0.3) is 0 Å². The van der Waals surface area contributed by atoms with E-state index in [9.17, 15) is 4.79 Å². The summed E-state index contributed by atoms with van der Waals surface area (Å²) in [6, 6.07) is 4.08. The van der Waals surface area contributed by atoms with E-state index in [4.69, 9.17) is 4.74 Å². The van der Waals surface area contributed by atoms with Crippen LogP contribution in [0.5, 0.6) is 0 Å². The number of hydrogen-bond donors (Lipinski definition) is 0. The van der Waals surface area contributed by atoms with E-state index < -0.39 is 0 Å². The molecule has 1 fully saturated rings. The normalized spacial score (nSPS) is 18.9. The average molecular weight is 322 g/mol. The summed E-state index contributed by atoms with van der Waals surface area (Å²) in [4.78, 5) is 20.0. The average Bonchev–Trinajstić information content (AvgIpc) is 3.18. The van der Waals surface area contributed by atoms with Gasteiger partial charge in [0.2, 0.25) is 5.91 Å². The fourth-order valence-corrected chi connectivity index (χ4v) is 4.00. The van der Waals surface area contributed by atoms with Crippen molar-refractivity contribution in [3.05, 3.63) is 28.6 Å². The molecule has 2 aromatic heterocycles. The van der Waals surface area contributed by atoms with E-state index in [1.54, 1.807) is 22.7 Å². The first-order chi connectivity index (χ1) is 10.3. The standard InChI is InChI=1S/C15H18N2O2S2/c1-2-12-9-17(5-6-19-12)14(18)8-11-10-21-15(16-11)13-4-3-7-20-13/h3-4,7,10,12H,2,5-6,8-9H2,1H3. The first-order valence-electron chi connectivity index (χ1n) is 7.14. The van der Waals surface area contributed by atoms with Gasteiger partial charge in [0.05, 0.1) is 29.7 Å². The molecule has 3 heterocycles. The molecule has 1 unspecified atom stereocenters. The summed E-state index contributed by atoms with van der Waals surface area (Å²) in [6.07, 6.45) is 1.52. The molecular formula is C15H18N2O2S2. The van der Waals surface area contributed by atoms with Gasteiger partial charge in [0, 0.05) is 18.5 Å². The molecule has 0 spiro atoms. The molecule has 112 valence electrons. The van der Waals surface area contributed by atoms with Crippen LogP contribution in [-0.4, -0.2) is 41.6 Å². The largest absolute Gasteiger partial charge is 0.375 e. The Labute approximate surface area is 132 Å². The van der Waals surface area contributed by atoms with Gasteiger partial charge in [0.15, 0.2) is 0 Å². The maximum atomic E-state index is 12.4. The lowest BCUT2D eigenvalue weighted by atomic mass is 10.2. The summed E-state index contributed by atoms with van der Waals surface area (Å²) < 4.78 is 5.60. The van der Waals surface area contributed by atoms with Crippen LogP contribution < -0.4 is 0 Å². The third-order valence-electron chi connectivity index (χ3n) is 3.56. The number of thiophene rings is 1. The van der Waals surface area contributed by atoms with Gasteiger partial charge in [-0.3, -0.25) is 4.79 Å². The summed E-state index contributed by atoms with van der Waals surface area (Å²) >= 11 is 3.28. The zero-order chi connectivity index (χ0) is 14.7. The SMILES string of the molecule is CCC1CN(C(=O)Cc2csc(-c3cccs3)n2)CCO1. The molecule has 3 rings (SSSR count). The topological polar surface area (TPSA) is 42.4 Å². The van der Waals surface area contributed by atoms with Crippen LogP contribution in [0.15, 0.2) is 22.9 Å². The van der Waals surface area contributed by atoms with Crippen LogP contribution in [0, 0.1) is 0 Å². The van der Waals surface area contributed by atoms with Crippen molar-refractivity contribution >= 4 is 28.6 Å². The number of nitrogens with zero attached hydrogens (tertiary/aromatic N) is 2. The fourth-order valence-electron chi connectivity index (χ4n) is 2.36. The monoisotopic (exact) mass is 322 g/mol. The summed E-state index contributed by atoms with van der Waals surface area (Å²) in [5.74, 6) is 0.153. The zero-order valence-electron chi connectivity index (χ0n) is 11.9. The molecule has 1 atom stereocenters. The minimum Gasteiger partial charge on any atom is -0.375 e. The Balaban J connectivity index is 1.62. The number of carbonyl (C=O) groups excluding carboxylic acids is 1. The first kappa shape index (κ1) is 14.7. The molecule has 1 amide bonds. The van der Waals surface area contributed by atoms with E-state index in [-0.39, 0.29) is 12.0 Å². The molecule has 1 saturated heterocycles. The van der Waals surface area contributed by atoms with E-state index in [2.05, 4.69) is 18.0 Å². The number of ether oxygens (including phenoxy) is 1. The van der Waals surface area contributed by atoms with Gasteiger partial charge in [-0.15, -0.1) is 22.7 Å². The molecule has 2 aromatic rings. The number of rotatable bonds is 4. The number of thiazole rings is 1. The number of hydrogen-bond acceptors (Lipinski definition) is 5. The summed E-state index contributed by atoms with van der Waals surface area (Å²) in [5.41, 5.74) is 0.868. The Kier molecular flexibility index (Phi) is 4.67. The van der Waals surface area contributed by atoms with Crippen LogP contribution in [0.1, 0.15) is 19.0 Å². The third kappa shape index (κ3) is 3.51. The molecule has 4 nitrogen and oxygen atoms in total. The second-order valence-corrected chi connectivity index (χ2v) is 6.84. The van der Waals surface area contributed by atoms with E-state index in [1.165, 1.54) is 0 Å². The summed E-state index contributed by atoms with van der Waals surface area (Å²) in [5, 5.41) is 5.03. The maximum Gasteiger partial charge on any atom is 0.228 e. The van der Waals surface area contributed by atoms with Crippen molar-refractivity contribution in [2.24, 2.45) is 0 Å². The number of carbonyl (C=O) groups is 1. The van der Waals surface area contributed by atoms with Crippen molar-refractivity contribution in [3.8, 4) is 9.88 Å². The Morgan fingerprint density at radius 3 is 3.19 bits per heavy atom. The molecule has 21 heavy (non-hydrogen) atoms. The Morgan fingerprint density at radius 2 is 2.43 bits per heavy atom. The maximum absolute atomic E-state index is 12.4. The summed E-state index contributed by atoms with van der Waals surface area (Å²) in [6.45, 7) is 4.13. The molecule has 0 aliphatic carbocycles. The van der Waals surface area contributed by atoms with Crippen LogP contribution in [0.25, 0.3) is 9.88 Å². The van der Waals surface area contributed by atoms with Gasteiger partial charge in [-0.1, -0.05) is 13.0 Å². The van der Waals surface area contributed by atoms with E-state index in [0.717, 1.165) is 22.0 Å². The highest BCUT2D eigenvalue weighted by atomic mass is 32.1. The van der Waals surface area contributed by atoms with E-state index >= 15 is 0 Å². The molecule has 1 aliphatic heterocycles. The summed E-state index contributed by atoms with van der Waals surface area (Å²) in [7, 11) is 0. The molecular weight excluding hydrogens is 304 g/mol. The molecule has 0 radical (unpaired) electrons. The highest BCUT2D eigenvalue weighted by Crippen LogP contribution is 2.28. The van der Waals surface area contributed by atoms with Crippen molar-refractivity contribution in [1.82, 2.24) is 9.88 Å². The number of amides is 1. The smallest absolute Gasteiger partial charge is 0.228 e. The van der Waals surface area contributed by atoms with Crippen LogP contribution >= 0.6 is 22.7 Å². The van der Waals surface area contributed by atoms with Crippen LogP contribution in [0.4, 0.5) is 0 Å². The van der Waals surface area contributed by atoms with Crippen LogP contribution in [-0.2, 0) is 16.0 Å². The second-order valence-electron chi connectivity index (χ2n) is 5.04. The predicted octanol–water partition coefficient (Wildman–Crippen LogP) is 3.05. The van der Waals surface area contributed by atoms with Crippen molar-refractivity contribution in [1.29, 1.82) is 0 Å². The quantitative estimate of drug-likeness (QED) is 0.869. The van der Waals surface area contributed by atoms with Crippen molar-refractivity contribution < 1.29 is 9.53 Å². The first-order valence-corrected chi connectivity index (χ1v) is 8.90. The Hall–Kier alpha value is -1.24. The van der Waals surface area contributed by atoms with Gasteiger partial charge >= 0.3 is 0 Å². The van der Waals surface area contributed by atoms with Crippen LogP contribution in [0.2, 0.25) is 0 Å².